The highest BCUT2D eigenvalue weighted by atomic mass is 16.2. The molecule has 1 aliphatic heterocycles. The molecule has 5 nitrogen and oxygen atoms in total. The Kier molecular flexibility index (Phi) is 5.48. The monoisotopic (exact) mass is 335 g/mol. The number of carbonyl (C=O) groups excluding carboxylic acids is 2. The van der Waals surface area contributed by atoms with Gasteiger partial charge in [-0.3, -0.25) is 9.59 Å². The van der Waals surface area contributed by atoms with Gasteiger partial charge in [0.05, 0.1) is 0 Å². The van der Waals surface area contributed by atoms with Crippen LogP contribution >= 0.6 is 0 Å². The van der Waals surface area contributed by atoms with Crippen LogP contribution in [0.2, 0.25) is 0 Å². The molecule has 3 N–H and O–H groups in total. The molecule has 5 heteroatoms. The van der Waals surface area contributed by atoms with Crippen molar-refractivity contribution in [2.75, 3.05) is 13.1 Å². The van der Waals surface area contributed by atoms with Gasteiger partial charge in [-0.15, -0.1) is 0 Å². The SMILES string of the molecule is CC(C)C(=O)NC1CCN(C(=O)C2CC3CCCC(C2)C3N)CC1. The van der Waals surface area contributed by atoms with E-state index in [-0.39, 0.29) is 23.8 Å². The van der Waals surface area contributed by atoms with E-state index in [1.54, 1.807) is 0 Å². The fourth-order valence-corrected chi connectivity index (χ4v) is 4.86. The summed E-state index contributed by atoms with van der Waals surface area (Å²) in [5.74, 6) is 1.77. The summed E-state index contributed by atoms with van der Waals surface area (Å²) in [6, 6.07) is 0.544. The summed E-state index contributed by atoms with van der Waals surface area (Å²) in [5.41, 5.74) is 6.35. The van der Waals surface area contributed by atoms with Gasteiger partial charge in [-0.2, -0.15) is 0 Å². The van der Waals surface area contributed by atoms with Crippen molar-refractivity contribution in [1.29, 1.82) is 0 Å². The molecule has 2 aliphatic carbocycles. The van der Waals surface area contributed by atoms with Crippen molar-refractivity contribution < 1.29 is 9.59 Å². The van der Waals surface area contributed by atoms with Gasteiger partial charge in [0.1, 0.15) is 0 Å². The molecule has 0 radical (unpaired) electrons. The minimum Gasteiger partial charge on any atom is -0.353 e. The highest BCUT2D eigenvalue weighted by Crippen LogP contribution is 2.42. The van der Waals surface area contributed by atoms with E-state index in [4.69, 9.17) is 5.73 Å². The summed E-state index contributed by atoms with van der Waals surface area (Å²) in [7, 11) is 0. The highest BCUT2D eigenvalue weighted by molar-refractivity contribution is 5.79. The first kappa shape index (κ1) is 17.7. The third-order valence-corrected chi connectivity index (χ3v) is 6.44. The summed E-state index contributed by atoms with van der Waals surface area (Å²) in [6.45, 7) is 5.39. The van der Waals surface area contributed by atoms with E-state index in [1.165, 1.54) is 19.3 Å². The molecule has 3 aliphatic rings. The Labute approximate surface area is 145 Å². The second-order valence-corrected chi connectivity index (χ2v) is 8.46. The molecule has 136 valence electrons. The number of hydrogen-bond acceptors (Lipinski definition) is 3. The van der Waals surface area contributed by atoms with E-state index in [1.807, 2.05) is 18.7 Å². The zero-order valence-electron chi connectivity index (χ0n) is 15.2. The zero-order chi connectivity index (χ0) is 17.3. The number of piperidine rings is 1. The first-order valence-corrected chi connectivity index (χ1v) is 9.80. The van der Waals surface area contributed by atoms with Crippen molar-refractivity contribution in [3.05, 3.63) is 0 Å². The van der Waals surface area contributed by atoms with E-state index in [0.29, 0.717) is 23.8 Å². The Balaban J connectivity index is 1.50. The molecule has 2 bridgehead atoms. The van der Waals surface area contributed by atoms with E-state index < -0.39 is 0 Å². The van der Waals surface area contributed by atoms with Crippen molar-refractivity contribution in [2.24, 2.45) is 29.4 Å². The molecule has 1 heterocycles. The number of fused-ring (bicyclic) bond motifs is 2. The minimum atomic E-state index is 0.0236. The lowest BCUT2D eigenvalue weighted by atomic mass is 9.65. The van der Waals surface area contributed by atoms with Crippen LogP contribution in [0.15, 0.2) is 0 Å². The number of likely N-dealkylation sites (tertiary alicyclic amines) is 1. The first-order valence-electron chi connectivity index (χ1n) is 9.80. The second kappa shape index (κ2) is 7.42. The van der Waals surface area contributed by atoms with Crippen molar-refractivity contribution in [3.63, 3.8) is 0 Å². The van der Waals surface area contributed by atoms with E-state index >= 15 is 0 Å². The van der Waals surface area contributed by atoms with Crippen molar-refractivity contribution in [1.82, 2.24) is 10.2 Å². The van der Waals surface area contributed by atoms with Crippen LogP contribution in [0.5, 0.6) is 0 Å². The Bertz CT molecular complexity index is 457. The van der Waals surface area contributed by atoms with Gasteiger partial charge >= 0.3 is 0 Å². The maximum absolute atomic E-state index is 12.9. The third kappa shape index (κ3) is 3.76. The molecule has 2 atom stereocenters. The van der Waals surface area contributed by atoms with Gasteiger partial charge in [-0.25, -0.2) is 0 Å². The maximum atomic E-state index is 12.9. The smallest absolute Gasteiger partial charge is 0.225 e. The molecule has 0 aromatic rings. The van der Waals surface area contributed by atoms with Crippen LogP contribution in [-0.4, -0.2) is 41.9 Å². The fraction of sp³-hybridized carbons (Fsp3) is 0.895. The molecule has 2 amide bonds. The average Bonchev–Trinajstić information content (AvgIpc) is 2.54. The van der Waals surface area contributed by atoms with Crippen LogP contribution in [0, 0.1) is 23.7 Å². The standard InChI is InChI=1S/C19H33N3O2/c1-12(2)18(23)21-16-6-8-22(9-7-16)19(24)15-10-13-4-3-5-14(11-15)17(13)20/h12-17H,3-11,20H2,1-2H3,(H,21,23). The van der Waals surface area contributed by atoms with Crippen LogP contribution < -0.4 is 11.1 Å². The number of nitrogens with two attached hydrogens (primary N) is 1. The summed E-state index contributed by atoms with van der Waals surface area (Å²) >= 11 is 0. The predicted octanol–water partition coefficient (Wildman–Crippen LogP) is 1.90. The van der Waals surface area contributed by atoms with Gasteiger partial charge in [0, 0.05) is 37.0 Å². The summed E-state index contributed by atoms with van der Waals surface area (Å²) < 4.78 is 0. The highest BCUT2D eigenvalue weighted by Gasteiger charge is 2.42. The number of nitrogens with one attached hydrogen (secondary N) is 1. The topological polar surface area (TPSA) is 75.4 Å². The predicted molar refractivity (Wildman–Crippen MR) is 94.1 cm³/mol. The molecule has 2 unspecified atom stereocenters. The third-order valence-electron chi connectivity index (χ3n) is 6.44. The minimum absolute atomic E-state index is 0.0236. The molecular formula is C19H33N3O2. The van der Waals surface area contributed by atoms with Gasteiger partial charge in [0.2, 0.25) is 11.8 Å². The molecule has 24 heavy (non-hydrogen) atoms. The fourth-order valence-electron chi connectivity index (χ4n) is 4.86. The molecule has 2 saturated carbocycles. The summed E-state index contributed by atoms with van der Waals surface area (Å²) in [6.07, 6.45) is 7.41. The molecule has 1 saturated heterocycles. The van der Waals surface area contributed by atoms with Crippen LogP contribution in [0.4, 0.5) is 0 Å². The quantitative estimate of drug-likeness (QED) is 0.827. The molecule has 0 spiro atoms. The maximum Gasteiger partial charge on any atom is 0.225 e. The Morgan fingerprint density at radius 2 is 1.62 bits per heavy atom. The van der Waals surface area contributed by atoms with Crippen LogP contribution in [0.1, 0.15) is 58.8 Å². The van der Waals surface area contributed by atoms with Gasteiger partial charge in [-0.1, -0.05) is 20.3 Å². The second-order valence-electron chi connectivity index (χ2n) is 8.46. The zero-order valence-corrected chi connectivity index (χ0v) is 15.2. The lowest BCUT2D eigenvalue weighted by Gasteiger charge is -2.45. The number of nitrogens with zero attached hydrogens (tertiary/aromatic N) is 1. The number of hydrogen-bond donors (Lipinski definition) is 2. The molecule has 0 aromatic heterocycles. The summed E-state index contributed by atoms with van der Waals surface area (Å²) in [4.78, 5) is 26.8. The van der Waals surface area contributed by atoms with Crippen molar-refractivity contribution in [2.45, 2.75) is 70.9 Å². The van der Waals surface area contributed by atoms with E-state index in [0.717, 1.165) is 38.8 Å². The Morgan fingerprint density at radius 3 is 2.17 bits per heavy atom. The van der Waals surface area contributed by atoms with Crippen LogP contribution in [0.25, 0.3) is 0 Å². The molecule has 0 aromatic carbocycles. The van der Waals surface area contributed by atoms with Crippen LogP contribution in [0.3, 0.4) is 0 Å². The van der Waals surface area contributed by atoms with E-state index in [2.05, 4.69) is 5.32 Å². The Morgan fingerprint density at radius 1 is 1.04 bits per heavy atom. The summed E-state index contributed by atoms with van der Waals surface area (Å²) in [5, 5.41) is 3.10. The molecule has 3 rings (SSSR count). The van der Waals surface area contributed by atoms with Crippen LogP contribution in [-0.2, 0) is 9.59 Å². The first-order chi connectivity index (χ1) is 11.5. The molecule has 3 fully saturated rings. The van der Waals surface area contributed by atoms with Gasteiger partial charge in [0.25, 0.3) is 0 Å². The largest absolute Gasteiger partial charge is 0.353 e. The Hall–Kier alpha value is -1.10. The number of carbonyl (C=O) groups is 2. The number of amides is 2. The van der Waals surface area contributed by atoms with Gasteiger partial charge in [-0.05, 0) is 50.4 Å². The lowest BCUT2D eigenvalue weighted by Crippen LogP contribution is -2.52. The van der Waals surface area contributed by atoms with Crippen molar-refractivity contribution >= 4 is 11.8 Å². The van der Waals surface area contributed by atoms with Gasteiger partial charge < -0.3 is 16.0 Å². The average molecular weight is 335 g/mol. The molecular weight excluding hydrogens is 302 g/mol. The lowest BCUT2D eigenvalue weighted by molar-refractivity contribution is -0.139. The van der Waals surface area contributed by atoms with Crippen molar-refractivity contribution in [3.8, 4) is 0 Å². The normalized spacial score (nSPS) is 34.2. The number of rotatable bonds is 3. The van der Waals surface area contributed by atoms with Gasteiger partial charge in [0.15, 0.2) is 0 Å². The van der Waals surface area contributed by atoms with E-state index in [9.17, 15) is 9.59 Å².